The second-order valence-corrected chi connectivity index (χ2v) is 12.1. The molecule has 1 aromatic carbocycles. The molecule has 0 radical (unpaired) electrons. The molecule has 2 amide bonds. The number of hydrogen-bond acceptors (Lipinski definition) is 7. The first kappa shape index (κ1) is 30.6. The van der Waals surface area contributed by atoms with Crippen LogP contribution < -0.4 is 5.32 Å². The summed E-state index contributed by atoms with van der Waals surface area (Å²) in [7, 11) is 1.51. The molecule has 10 nitrogen and oxygen atoms in total. The zero-order valence-corrected chi connectivity index (χ0v) is 24.8. The number of carbonyl (C=O) groups excluding carboxylic acids is 2. The summed E-state index contributed by atoms with van der Waals surface area (Å²) in [5.74, 6) is -0.470. The van der Waals surface area contributed by atoms with Crippen LogP contribution in [0.3, 0.4) is 0 Å². The Balaban J connectivity index is 1.57. The molecular formula is C29H36FN4O6S-. The van der Waals surface area contributed by atoms with Crippen LogP contribution in [0.15, 0.2) is 34.7 Å². The number of furan rings is 1. The fourth-order valence-corrected chi connectivity index (χ4v) is 5.52. The van der Waals surface area contributed by atoms with Gasteiger partial charge in [-0.2, -0.15) is 0 Å². The summed E-state index contributed by atoms with van der Waals surface area (Å²) in [5, 5.41) is 3.12. The predicted octanol–water partition coefficient (Wildman–Crippen LogP) is 4.80. The number of piperidine rings is 1. The van der Waals surface area contributed by atoms with Gasteiger partial charge in [-0.25, -0.2) is 18.5 Å². The van der Waals surface area contributed by atoms with Gasteiger partial charge in [0.2, 0.25) is 5.71 Å². The molecule has 1 fully saturated rings. The number of fused-ring (bicyclic) bond motifs is 1. The molecule has 1 aliphatic rings. The number of benzene rings is 1. The van der Waals surface area contributed by atoms with Crippen molar-refractivity contribution < 1.29 is 31.9 Å². The van der Waals surface area contributed by atoms with Crippen LogP contribution in [0.2, 0.25) is 0 Å². The van der Waals surface area contributed by atoms with Gasteiger partial charge in [-0.1, -0.05) is 6.92 Å². The minimum absolute atomic E-state index is 0.0311. The monoisotopic (exact) mass is 587 g/mol. The summed E-state index contributed by atoms with van der Waals surface area (Å²) in [5.41, 5.74) is 1.72. The van der Waals surface area contributed by atoms with Crippen molar-refractivity contribution in [2.45, 2.75) is 59.1 Å². The lowest BCUT2D eigenvalue weighted by Gasteiger charge is -2.36. The van der Waals surface area contributed by atoms with Gasteiger partial charge in [-0.15, -0.1) is 0 Å². The second-order valence-electron chi connectivity index (χ2n) is 11.1. The molecule has 4 rings (SSSR count). The molecule has 1 aliphatic heterocycles. The number of nitrogens with zero attached hydrogens (tertiary/aromatic N) is 3. The highest BCUT2D eigenvalue weighted by Crippen LogP contribution is 2.34. The zero-order valence-electron chi connectivity index (χ0n) is 24.0. The number of carbonyl (C=O) groups is 2. The van der Waals surface area contributed by atoms with Crippen molar-refractivity contribution in [2.75, 3.05) is 26.7 Å². The van der Waals surface area contributed by atoms with Crippen molar-refractivity contribution in [3.63, 3.8) is 0 Å². The maximum Gasteiger partial charge on any atom is 0.410 e. The number of halogens is 1. The van der Waals surface area contributed by atoms with Crippen LogP contribution in [0.1, 0.15) is 62.2 Å². The normalized spacial score (nSPS) is 15.4. The lowest BCUT2D eigenvalue weighted by atomic mass is 9.97. The molecule has 0 saturated carbocycles. The van der Waals surface area contributed by atoms with Crippen LogP contribution in [-0.2, 0) is 29.0 Å². The molecule has 0 spiro atoms. The van der Waals surface area contributed by atoms with Gasteiger partial charge in [0, 0.05) is 43.5 Å². The first-order valence-electron chi connectivity index (χ1n) is 13.7. The maximum atomic E-state index is 13.6. The Bertz CT molecular complexity index is 1430. The predicted molar refractivity (Wildman–Crippen MR) is 152 cm³/mol. The van der Waals surface area contributed by atoms with Crippen LogP contribution >= 0.6 is 0 Å². The van der Waals surface area contributed by atoms with Gasteiger partial charge < -0.3 is 23.9 Å². The summed E-state index contributed by atoms with van der Waals surface area (Å²) in [6, 6.07) is 7.43. The Hall–Kier alpha value is -3.35. The molecule has 41 heavy (non-hydrogen) atoms. The van der Waals surface area contributed by atoms with Gasteiger partial charge >= 0.3 is 6.09 Å². The van der Waals surface area contributed by atoms with Gasteiger partial charge in [0.1, 0.15) is 17.2 Å². The van der Waals surface area contributed by atoms with E-state index in [2.05, 4.69) is 10.3 Å². The van der Waals surface area contributed by atoms with Crippen molar-refractivity contribution in [1.29, 1.82) is 0 Å². The highest BCUT2D eigenvalue weighted by molar-refractivity contribution is 7.76. The van der Waals surface area contributed by atoms with Crippen LogP contribution in [0.25, 0.3) is 22.4 Å². The molecule has 222 valence electrons. The van der Waals surface area contributed by atoms with Crippen molar-refractivity contribution in [3.05, 3.63) is 53.0 Å². The highest BCUT2D eigenvalue weighted by atomic mass is 32.2. The fraction of sp³-hybridized carbons (Fsp3) is 0.483. The van der Waals surface area contributed by atoms with Crippen molar-refractivity contribution >= 4 is 34.4 Å². The Kier molecular flexibility index (Phi) is 9.45. The van der Waals surface area contributed by atoms with Crippen LogP contribution in [0.4, 0.5) is 9.18 Å². The molecule has 1 unspecified atom stereocenters. The molecule has 0 bridgehead atoms. The Morgan fingerprint density at radius 2 is 1.90 bits per heavy atom. The van der Waals surface area contributed by atoms with Crippen LogP contribution in [0.5, 0.6) is 0 Å². The third kappa shape index (κ3) is 7.30. The van der Waals surface area contributed by atoms with E-state index in [4.69, 9.17) is 9.15 Å². The molecule has 2 aromatic heterocycles. The zero-order chi connectivity index (χ0) is 29.9. The number of hydrogen-bond donors (Lipinski definition) is 1. The van der Waals surface area contributed by atoms with Crippen LogP contribution in [-0.4, -0.2) is 67.2 Å². The van der Waals surface area contributed by atoms with Gasteiger partial charge in [0.25, 0.3) is 5.91 Å². The molecule has 3 heterocycles. The molecule has 1 atom stereocenters. The van der Waals surface area contributed by atoms with E-state index in [1.807, 2.05) is 33.8 Å². The molecule has 1 N–H and O–H groups in total. The third-order valence-electron chi connectivity index (χ3n) is 7.06. The third-order valence-corrected chi connectivity index (χ3v) is 7.76. The summed E-state index contributed by atoms with van der Waals surface area (Å²) in [4.78, 5) is 31.6. The van der Waals surface area contributed by atoms with Crippen molar-refractivity contribution in [2.24, 2.45) is 5.92 Å². The molecule has 0 aliphatic carbocycles. The lowest BCUT2D eigenvalue weighted by molar-refractivity contribution is 0.0177. The molecule has 12 heteroatoms. The average molecular weight is 588 g/mol. The van der Waals surface area contributed by atoms with Gasteiger partial charge in [-0.3, -0.25) is 9.00 Å². The standard InChI is InChI=1S/C29H37FN4O6S/c1-6-19-15-22-24(26(35)31-5)25(20-7-9-21(30)10-8-20)39-27(22)32-23(19)17-34(41(37)38)16-18-11-13-33(14-12-18)28(36)40-29(2,3)4/h7-10,15,18H,6,11-14,16-17H2,1-5H3,(H,31,35)(H,37,38)/p-1. The van der Waals surface area contributed by atoms with Crippen molar-refractivity contribution in [3.8, 4) is 11.3 Å². The number of ether oxygens (including phenoxy) is 1. The fourth-order valence-electron chi connectivity index (χ4n) is 4.96. The number of rotatable bonds is 8. The Morgan fingerprint density at radius 1 is 1.24 bits per heavy atom. The number of nitrogens with one attached hydrogen (secondary N) is 1. The molecular weight excluding hydrogens is 551 g/mol. The van der Waals surface area contributed by atoms with E-state index < -0.39 is 22.7 Å². The highest BCUT2D eigenvalue weighted by Gasteiger charge is 2.29. The minimum Gasteiger partial charge on any atom is -0.760 e. The SMILES string of the molecule is CCc1cc2c(C(=O)NC)c(-c3ccc(F)cc3)oc2nc1CN(CC1CCN(C(=O)OC(C)(C)C)CC1)S(=O)[O-]. The van der Waals surface area contributed by atoms with Gasteiger partial charge in [0.05, 0.1) is 23.2 Å². The van der Waals surface area contributed by atoms with Gasteiger partial charge in [-0.05, 0) is 81.8 Å². The maximum absolute atomic E-state index is 13.6. The van der Waals surface area contributed by atoms with E-state index in [1.54, 1.807) is 4.90 Å². The summed E-state index contributed by atoms with van der Waals surface area (Å²) >= 11 is -2.51. The van der Waals surface area contributed by atoms with E-state index in [-0.39, 0.29) is 48.0 Å². The van der Waals surface area contributed by atoms with E-state index in [1.165, 1.54) is 35.6 Å². The minimum atomic E-state index is -2.51. The first-order chi connectivity index (χ1) is 19.4. The average Bonchev–Trinajstić information content (AvgIpc) is 3.29. The van der Waals surface area contributed by atoms with E-state index in [0.29, 0.717) is 49.0 Å². The van der Waals surface area contributed by atoms with E-state index in [9.17, 15) is 22.7 Å². The number of likely N-dealkylation sites (tertiary alicyclic amines) is 1. The number of aromatic nitrogens is 1. The largest absolute Gasteiger partial charge is 0.760 e. The van der Waals surface area contributed by atoms with Gasteiger partial charge in [0.15, 0.2) is 0 Å². The topological polar surface area (TPSA) is 128 Å². The Labute approximate surface area is 241 Å². The number of pyridine rings is 1. The van der Waals surface area contributed by atoms with E-state index in [0.717, 1.165) is 5.56 Å². The van der Waals surface area contributed by atoms with Crippen LogP contribution in [0, 0.1) is 11.7 Å². The van der Waals surface area contributed by atoms with Crippen molar-refractivity contribution in [1.82, 2.24) is 19.5 Å². The smallest absolute Gasteiger partial charge is 0.410 e. The number of amides is 2. The summed E-state index contributed by atoms with van der Waals surface area (Å²) < 4.78 is 50.9. The Morgan fingerprint density at radius 3 is 2.46 bits per heavy atom. The summed E-state index contributed by atoms with van der Waals surface area (Å²) in [6.45, 7) is 8.68. The molecule has 1 saturated heterocycles. The second kappa shape index (κ2) is 12.7. The quantitative estimate of drug-likeness (QED) is 0.375. The first-order valence-corrected chi connectivity index (χ1v) is 14.7. The number of aryl methyl sites for hydroxylation is 1. The van der Waals surface area contributed by atoms with E-state index >= 15 is 0 Å². The molecule has 3 aromatic rings. The summed E-state index contributed by atoms with van der Waals surface area (Å²) in [6.07, 6.45) is 1.49. The lowest BCUT2D eigenvalue weighted by Crippen LogP contribution is -2.44.